The second-order valence-electron chi connectivity index (χ2n) is 6.90. The molecule has 0 aliphatic carbocycles. The molecule has 3 rings (SSSR count). The highest BCUT2D eigenvalue weighted by Gasteiger charge is 2.11. The number of fused-ring (bicyclic) bond motifs is 1. The first-order valence-electron chi connectivity index (χ1n) is 8.98. The zero-order valence-electron chi connectivity index (χ0n) is 16.0. The standard InChI is InChI=1S/C22H22O6/c1-13(2)15-5-4-14(3)19(8-15)26-12-22(25)27-11-16-9-21(24)28-20-10-17(23)6-7-18(16)20/h4-10,13,23H,11-12H2,1-3H3. The van der Waals surface area contributed by atoms with Gasteiger partial charge < -0.3 is 19.0 Å². The number of phenols is 1. The monoisotopic (exact) mass is 382 g/mol. The highest BCUT2D eigenvalue weighted by Crippen LogP contribution is 2.25. The smallest absolute Gasteiger partial charge is 0.344 e. The summed E-state index contributed by atoms with van der Waals surface area (Å²) in [5.41, 5.74) is 2.21. The molecule has 146 valence electrons. The van der Waals surface area contributed by atoms with E-state index in [1.807, 2.05) is 25.1 Å². The third kappa shape index (κ3) is 4.52. The highest BCUT2D eigenvalue weighted by molar-refractivity contribution is 5.81. The number of hydrogen-bond donors (Lipinski definition) is 1. The van der Waals surface area contributed by atoms with E-state index < -0.39 is 11.6 Å². The minimum Gasteiger partial charge on any atom is -0.508 e. The predicted octanol–water partition coefficient (Wildman–Crippen LogP) is 4.05. The van der Waals surface area contributed by atoms with Gasteiger partial charge in [0, 0.05) is 23.1 Å². The lowest BCUT2D eigenvalue weighted by Crippen LogP contribution is -2.16. The molecular weight excluding hydrogens is 360 g/mol. The lowest BCUT2D eigenvalue weighted by molar-refractivity contribution is -0.147. The van der Waals surface area contributed by atoms with Crippen molar-refractivity contribution in [3.05, 3.63) is 69.6 Å². The van der Waals surface area contributed by atoms with Crippen molar-refractivity contribution in [1.29, 1.82) is 0 Å². The lowest BCUT2D eigenvalue weighted by atomic mass is 10.0. The van der Waals surface area contributed by atoms with Gasteiger partial charge in [0.15, 0.2) is 6.61 Å². The molecule has 0 aliphatic rings. The first-order valence-corrected chi connectivity index (χ1v) is 8.98. The van der Waals surface area contributed by atoms with Crippen molar-refractivity contribution < 1.29 is 23.8 Å². The fraction of sp³-hybridized carbons (Fsp3) is 0.273. The number of ether oxygens (including phenoxy) is 2. The van der Waals surface area contributed by atoms with Crippen LogP contribution in [0.25, 0.3) is 11.0 Å². The number of carbonyl (C=O) groups is 1. The topological polar surface area (TPSA) is 86.0 Å². The number of rotatable bonds is 6. The number of carbonyl (C=O) groups excluding carboxylic acids is 1. The molecule has 0 aliphatic heterocycles. The Bertz CT molecular complexity index is 1060. The van der Waals surface area contributed by atoms with E-state index in [1.165, 1.54) is 18.2 Å². The normalized spacial score (nSPS) is 11.0. The van der Waals surface area contributed by atoms with Crippen LogP contribution in [0.3, 0.4) is 0 Å². The van der Waals surface area contributed by atoms with Crippen LogP contribution in [0.2, 0.25) is 0 Å². The summed E-state index contributed by atoms with van der Waals surface area (Å²) in [5, 5.41) is 10.1. The van der Waals surface area contributed by atoms with Crippen molar-refractivity contribution in [3.63, 3.8) is 0 Å². The van der Waals surface area contributed by atoms with Crippen LogP contribution in [0.1, 0.15) is 36.5 Å². The van der Waals surface area contributed by atoms with Gasteiger partial charge in [-0.25, -0.2) is 9.59 Å². The number of hydrogen-bond acceptors (Lipinski definition) is 6. The second-order valence-corrected chi connectivity index (χ2v) is 6.90. The zero-order chi connectivity index (χ0) is 20.3. The van der Waals surface area contributed by atoms with E-state index in [-0.39, 0.29) is 24.5 Å². The van der Waals surface area contributed by atoms with Crippen LogP contribution in [0.5, 0.6) is 11.5 Å². The Morgan fingerprint density at radius 2 is 1.93 bits per heavy atom. The average Bonchev–Trinajstić information content (AvgIpc) is 2.64. The molecule has 2 aromatic carbocycles. The Hall–Kier alpha value is -3.28. The van der Waals surface area contributed by atoms with Gasteiger partial charge in [0.25, 0.3) is 0 Å². The Labute approximate surface area is 162 Å². The average molecular weight is 382 g/mol. The molecule has 0 spiro atoms. The second kappa shape index (κ2) is 8.17. The van der Waals surface area contributed by atoms with E-state index >= 15 is 0 Å². The molecule has 0 fully saturated rings. The van der Waals surface area contributed by atoms with Crippen molar-refractivity contribution in [1.82, 2.24) is 0 Å². The number of aromatic hydroxyl groups is 1. The molecule has 0 unspecified atom stereocenters. The van der Waals surface area contributed by atoms with Gasteiger partial charge in [-0.2, -0.15) is 0 Å². The molecule has 0 saturated heterocycles. The Balaban J connectivity index is 1.66. The number of benzene rings is 2. The molecule has 3 aromatic rings. The van der Waals surface area contributed by atoms with Gasteiger partial charge >= 0.3 is 11.6 Å². The molecule has 6 nitrogen and oxygen atoms in total. The van der Waals surface area contributed by atoms with Gasteiger partial charge in [-0.1, -0.05) is 26.0 Å². The molecule has 28 heavy (non-hydrogen) atoms. The van der Waals surface area contributed by atoms with Gasteiger partial charge in [-0.3, -0.25) is 0 Å². The van der Waals surface area contributed by atoms with Crippen LogP contribution in [0, 0.1) is 6.92 Å². The van der Waals surface area contributed by atoms with Crippen LogP contribution >= 0.6 is 0 Å². The van der Waals surface area contributed by atoms with Gasteiger partial charge in [-0.05, 0) is 42.2 Å². The van der Waals surface area contributed by atoms with E-state index in [0.717, 1.165) is 11.1 Å². The van der Waals surface area contributed by atoms with Crippen molar-refractivity contribution in [2.75, 3.05) is 6.61 Å². The molecule has 0 bridgehead atoms. The quantitative estimate of drug-likeness (QED) is 0.511. The van der Waals surface area contributed by atoms with E-state index in [1.54, 1.807) is 6.07 Å². The van der Waals surface area contributed by atoms with Gasteiger partial charge in [0.05, 0.1) is 0 Å². The molecule has 0 amide bonds. The number of esters is 1. The Morgan fingerprint density at radius 1 is 1.14 bits per heavy atom. The van der Waals surface area contributed by atoms with Gasteiger partial charge in [0.1, 0.15) is 23.7 Å². The molecule has 0 saturated carbocycles. The summed E-state index contributed by atoms with van der Waals surface area (Å²) in [6, 6.07) is 11.6. The predicted molar refractivity (Wildman–Crippen MR) is 105 cm³/mol. The summed E-state index contributed by atoms with van der Waals surface area (Å²) in [7, 11) is 0. The minimum atomic E-state index is -0.582. The third-order valence-electron chi connectivity index (χ3n) is 4.43. The van der Waals surface area contributed by atoms with Crippen molar-refractivity contribution >= 4 is 16.9 Å². The Morgan fingerprint density at radius 3 is 2.68 bits per heavy atom. The van der Waals surface area contributed by atoms with Crippen LogP contribution in [-0.4, -0.2) is 17.7 Å². The third-order valence-corrected chi connectivity index (χ3v) is 4.43. The summed E-state index contributed by atoms with van der Waals surface area (Å²) in [6.45, 7) is 5.75. The van der Waals surface area contributed by atoms with Crippen LogP contribution in [-0.2, 0) is 16.1 Å². The van der Waals surface area contributed by atoms with E-state index in [2.05, 4.69) is 13.8 Å². The minimum absolute atomic E-state index is 0.0165. The van der Waals surface area contributed by atoms with Crippen LogP contribution < -0.4 is 10.4 Å². The fourth-order valence-electron chi connectivity index (χ4n) is 2.81. The first kappa shape index (κ1) is 19.5. The summed E-state index contributed by atoms with van der Waals surface area (Å²) in [6.07, 6.45) is 0. The van der Waals surface area contributed by atoms with Crippen LogP contribution in [0.15, 0.2) is 51.7 Å². The fourth-order valence-corrected chi connectivity index (χ4v) is 2.81. The number of aryl methyl sites for hydroxylation is 1. The summed E-state index contributed by atoms with van der Waals surface area (Å²) >= 11 is 0. The molecule has 1 heterocycles. The maximum atomic E-state index is 12.1. The molecule has 1 aromatic heterocycles. The number of phenolic OH excluding ortho intramolecular Hbond substituents is 1. The molecule has 1 N–H and O–H groups in total. The maximum absolute atomic E-state index is 12.1. The molecule has 0 atom stereocenters. The van der Waals surface area contributed by atoms with E-state index in [0.29, 0.717) is 22.6 Å². The van der Waals surface area contributed by atoms with Gasteiger partial charge in [0.2, 0.25) is 0 Å². The van der Waals surface area contributed by atoms with E-state index in [9.17, 15) is 14.7 Å². The van der Waals surface area contributed by atoms with Crippen molar-refractivity contribution in [2.45, 2.75) is 33.3 Å². The lowest BCUT2D eigenvalue weighted by Gasteiger charge is -2.13. The Kier molecular flexibility index (Phi) is 5.68. The molecular formula is C22H22O6. The maximum Gasteiger partial charge on any atom is 0.344 e. The summed E-state index contributed by atoms with van der Waals surface area (Å²) < 4.78 is 15.9. The van der Waals surface area contributed by atoms with Crippen molar-refractivity contribution in [2.24, 2.45) is 0 Å². The van der Waals surface area contributed by atoms with Crippen molar-refractivity contribution in [3.8, 4) is 11.5 Å². The first-order chi connectivity index (χ1) is 13.3. The summed E-state index contributed by atoms with van der Waals surface area (Å²) in [4.78, 5) is 23.8. The highest BCUT2D eigenvalue weighted by atomic mass is 16.6. The summed E-state index contributed by atoms with van der Waals surface area (Å²) in [5.74, 6) is 0.434. The molecule has 0 radical (unpaired) electrons. The SMILES string of the molecule is Cc1ccc(C(C)C)cc1OCC(=O)OCc1cc(=O)oc2cc(O)ccc12. The van der Waals surface area contributed by atoms with Gasteiger partial charge in [-0.15, -0.1) is 0 Å². The largest absolute Gasteiger partial charge is 0.508 e. The zero-order valence-corrected chi connectivity index (χ0v) is 16.0. The van der Waals surface area contributed by atoms with E-state index in [4.69, 9.17) is 13.9 Å². The molecule has 6 heteroatoms. The van der Waals surface area contributed by atoms with Crippen LogP contribution in [0.4, 0.5) is 0 Å².